The molecule has 4 N–H and O–H groups in total. The summed E-state index contributed by atoms with van der Waals surface area (Å²) in [6.45, 7) is 10.2. The van der Waals surface area contributed by atoms with Gasteiger partial charge in [-0.25, -0.2) is 19.2 Å². The summed E-state index contributed by atoms with van der Waals surface area (Å²) in [6, 6.07) is 3.80. The fourth-order valence-corrected chi connectivity index (χ4v) is 5.86. The van der Waals surface area contributed by atoms with Crippen molar-refractivity contribution in [3.63, 3.8) is 0 Å². The predicted octanol–water partition coefficient (Wildman–Crippen LogP) is 4.03. The largest absolute Gasteiger partial charge is 0.474 e. The number of benzene rings is 1. The van der Waals surface area contributed by atoms with Crippen molar-refractivity contribution < 1.29 is 23.4 Å². The van der Waals surface area contributed by atoms with Crippen LogP contribution in [0, 0.1) is 24.6 Å². The lowest BCUT2D eigenvalue weighted by atomic mass is 9.84. The van der Waals surface area contributed by atoms with Gasteiger partial charge in [-0.1, -0.05) is 0 Å². The molecule has 6 rings (SSSR count). The van der Waals surface area contributed by atoms with Crippen LogP contribution in [0.2, 0.25) is 0 Å². The Labute approximate surface area is 226 Å². The molecule has 5 heterocycles. The summed E-state index contributed by atoms with van der Waals surface area (Å²) in [5, 5.41) is 7.11. The van der Waals surface area contributed by atoms with Crippen LogP contribution < -0.4 is 21.1 Å². The van der Waals surface area contributed by atoms with Crippen molar-refractivity contribution in [3.8, 4) is 17.0 Å². The Bertz CT molecular complexity index is 1420. The molecule has 0 aliphatic carbocycles. The molecule has 39 heavy (non-hydrogen) atoms. The molecule has 2 bridgehead atoms. The molecule has 0 saturated carbocycles. The first-order valence-electron chi connectivity index (χ1n) is 13.3. The number of carbonyl (C=O) groups is 1. The average Bonchev–Trinajstić information content (AvgIpc) is 2.91. The number of rotatable bonds is 4. The number of ether oxygens (including phenoxy) is 3. The Morgan fingerprint density at radius 2 is 1.97 bits per heavy atom. The Balaban J connectivity index is 1.25. The Morgan fingerprint density at radius 3 is 2.72 bits per heavy atom. The zero-order chi connectivity index (χ0) is 27.3. The molecule has 3 aliphatic rings. The second kappa shape index (κ2) is 10.1. The van der Waals surface area contributed by atoms with Gasteiger partial charge in [0.25, 0.3) is 0 Å². The van der Waals surface area contributed by atoms with Crippen molar-refractivity contribution in [2.24, 2.45) is 11.8 Å². The van der Waals surface area contributed by atoms with Crippen molar-refractivity contribution in [1.82, 2.24) is 14.9 Å². The molecule has 2 aromatic heterocycles. The van der Waals surface area contributed by atoms with Gasteiger partial charge in [0.05, 0.1) is 18.9 Å². The SMILES string of the molecule is Cc1c(-c2cc3cc(NC(=O)OC4[C@@H]5COC[C@H]4CN(C(C)C)C5)ncc3c(N)c2F)cnc2c1NCCO2. The number of halogens is 1. The lowest BCUT2D eigenvalue weighted by Gasteiger charge is -2.47. The van der Waals surface area contributed by atoms with E-state index in [9.17, 15) is 4.79 Å². The highest BCUT2D eigenvalue weighted by molar-refractivity contribution is 5.99. The number of piperidine rings is 1. The number of nitrogen functional groups attached to an aromatic ring is 1. The van der Waals surface area contributed by atoms with Crippen molar-refractivity contribution in [1.29, 1.82) is 0 Å². The maximum atomic E-state index is 15.5. The maximum Gasteiger partial charge on any atom is 0.413 e. The van der Waals surface area contributed by atoms with E-state index in [0.717, 1.165) is 24.3 Å². The Hall–Kier alpha value is -3.70. The van der Waals surface area contributed by atoms with Crippen molar-refractivity contribution >= 4 is 34.1 Å². The molecule has 3 aliphatic heterocycles. The first-order valence-corrected chi connectivity index (χ1v) is 13.3. The third-order valence-corrected chi connectivity index (χ3v) is 7.97. The fourth-order valence-electron chi connectivity index (χ4n) is 5.86. The fraction of sp³-hybridized carbons (Fsp3) is 0.464. The minimum Gasteiger partial charge on any atom is -0.474 e. The van der Waals surface area contributed by atoms with Crippen LogP contribution in [0.25, 0.3) is 21.9 Å². The molecule has 0 spiro atoms. The first kappa shape index (κ1) is 25.6. The van der Waals surface area contributed by atoms with E-state index in [1.165, 1.54) is 6.20 Å². The van der Waals surface area contributed by atoms with Crippen LogP contribution in [-0.2, 0) is 9.47 Å². The first-order chi connectivity index (χ1) is 18.8. The molecule has 2 fully saturated rings. The number of hydrogen-bond donors (Lipinski definition) is 3. The van der Waals surface area contributed by atoms with Crippen molar-refractivity contribution in [2.75, 3.05) is 55.8 Å². The molecule has 206 valence electrons. The number of hydrogen-bond acceptors (Lipinski definition) is 9. The van der Waals surface area contributed by atoms with Crippen LogP contribution in [0.3, 0.4) is 0 Å². The summed E-state index contributed by atoms with van der Waals surface area (Å²) in [5.41, 5.74) is 8.65. The standard InChI is InChI=1S/C28H33FN6O4/c1-14(2)35-10-17-12-37-13-18(11-35)26(17)39-28(36)34-22-7-16-6-19(23(29)24(30)21(16)9-32-22)20-8-33-27-25(15(20)3)31-4-5-38-27/h6-9,14,17-18,26,31H,4-5,10-13,30H2,1-3H3,(H,32,34,36)/t17-,18+,26?. The number of carbonyl (C=O) groups excluding carboxylic acids is 1. The second-order valence-electron chi connectivity index (χ2n) is 10.8. The van der Waals surface area contributed by atoms with Crippen LogP contribution in [0.5, 0.6) is 5.88 Å². The molecule has 1 amide bonds. The van der Waals surface area contributed by atoms with Gasteiger partial charge < -0.3 is 25.3 Å². The number of anilines is 3. The van der Waals surface area contributed by atoms with Crippen LogP contribution >= 0.6 is 0 Å². The number of fused-ring (bicyclic) bond motifs is 4. The van der Waals surface area contributed by atoms with E-state index in [1.54, 1.807) is 18.3 Å². The van der Waals surface area contributed by atoms with Gasteiger partial charge in [-0.15, -0.1) is 0 Å². The van der Waals surface area contributed by atoms with Gasteiger partial charge in [0.2, 0.25) is 5.88 Å². The minimum atomic E-state index is -0.571. The van der Waals surface area contributed by atoms with E-state index in [4.69, 9.17) is 19.9 Å². The lowest BCUT2D eigenvalue weighted by Crippen LogP contribution is -2.58. The maximum absolute atomic E-state index is 15.5. The number of aromatic nitrogens is 2. The molecule has 10 nitrogen and oxygen atoms in total. The molecule has 1 unspecified atom stereocenters. The van der Waals surface area contributed by atoms with Crippen LogP contribution in [-0.4, -0.2) is 72.6 Å². The summed E-state index contributed by atoms with van der Waals surface area (Å²) in [5.74, 6) is 0.479. The predicted molar refractivity (Wildman–Crippen MR) is 146 cm³/mol. The lowest BCUT2D eigenvalue weighted by molar-refractivity contribution is -0.128. The molecule has 11 heteroatoms. The zero-order valence-corrected chi connectivity index (χ0v) is 22.3. The van der Waals surface area contributed by atoms with Crippen LogP contribution in [0.1, 0.15) is 19.4 Å². The number of likely N-dealkylation sites (tertiary alicyclic amines) is 1. The smallest absolute Gasteiger partial charge is 0.413 e. The quantitative estimate of drug-likeness (QED) is 0.424. The van der Waals surface area contributed by atoms with Gasteiger partial charge in [0.1, 0.15) is 24.2 Å². The van der Waals surface area contributed by atoms with Gasteiger partial charge in [0, 0.05) is 66.4 Å². The van der Waals surface area contributed by atoms with Gasteiger partial charge in [-0.05, 0) is 43.9 Å². The van der Waals surface area contributed by atoms with Gasteiger partial charge in [0.15, 0.2) is 5.82 Å². The van der Waals surface area contributed by atoms with Crippen molar-refractivity contribution in [2.45, 2.75) is 32.9 Å². The number of nitrogens with zero attached hydrogens (tertiary/aromatic N) is 3. The number of pyridine rings is 2. The number of amides is 1. The number of nitrogens with two attached hydrogens (primary N) is 1. The molecule has 1 aromatic carbocycles. The van der Waals surface area contributed by atoms with E-state index >= 15 is 4.39 Å². The Morgan fingerprint density at radius 1 is 1.21 bits per heavy atom. The molecule has 3 atom stereocenters. The molecular formula is C28H33FN6O4. The highest BCUT2D eigenvalue weighted by Gasteiger charge is 2.43. The summed E-state index contributed by atoms with van der Waals surface area (Å²) >= 11 is 0. The van der Waals surface area contributed by atoms with Crippen LogP contribution in [0.15, 0.2) is 24.5 Å². The monoisotopic (exact) mass is 536 g/mol. The van der Waals surface area contributed by atoms with Crippen molar-refractivity contribution in [3.05, 3.63) is 35.9 Å². The molecule has 2 saturated heterocycles. The average molecular weight is 537 g/mol. The van der Waals surface area contributed by atoms with Crippen LogP contribution in [0.4, 0.5) is 26.4 Å². The summed E-state index contributed by atoms with van der Waals surface area (Å²) in [7, 11) is 0. The highest BCUT2D eigenvalue weighted by atomic mass is 19.1. The summed E-state index contributed by atoms with van der Waals surface area (Å²) in [6.07, 6.45) is 2.26. The van der Waals surface area contributed by atoms with E-state index in [2.05, 4.69) is 39.3 Å². The third kappa shape index (κ3) is 4.70. The minimum absolute atomic E-state index is 0.0183. The highest BCUT2D eigenvalue weighted by Crippen LogP contribution is 2.39. The van der Waals surface area contributed by atoms with Gasteiger partial charge in [-0.3, -0.25) is 10.2 Å². The van der Waals surface area contributed by atoms with E-state index < -0.39 is 11.9 Å². The molecular weight excluding hydrogens is 503 g/mol. The van der Waals surface area contributed by atoms with E-state index in [1.807, 2.05) is 6.92 Å². The zero-order valence-electron chi connectivity index (χ0n) is 22.3. The summed E-state index contributed by atoms with van der Waals surface area (Å²) < 4.78 is 32.7. The normalized spacial score (nSPS) is 22.6. The third-order valence-electron chi connectivity index (χ3n) is 7.97. The summed E-state index contributed by atoms with van der Waals surface area (Å²) in [4.78, 5) is 24.0. The Kier molecular flexibility index (Phi) is 6.64. The van der Waals surface area contributed by atoms with Gasteiger partial charge in [-0.2, -0.15) is 0 Å². The van der Waals surface area contributed by atoms with Gasteiger partial charge >= 0.3 is 6.09 Å². The molecule has 3 aromatic rings. The second-order valence-corrected chi connectivity index (χ2v) is 10.8. The molecule has 0 radical (unpaired) electrons. The number of nitrogens with one attached hydrogen (secondary N) is 2. The van der Waals surface area contributed by atoms with E-state index in [0.29, 0.717) is 66.0 Å². The van der Waals surface area contributed by atoms with E-state index in [-0.39, 0.29) is 23.6 Å². The topological polar surface area (TPSA) is 124 Å².